The second-order valence-electron chi connectivity index (χ2n) is 14.2. The monoisotopic (exact) mass is 640 g/mol. The fourth-order valence-electron chi connectivity index (χ4n) is 9.02. The zero-order chi connectivity index (χ0) is 32.7. The number of hydrogen-bond acceptors (Lipinski definition) is 9. The highest BCUT2D eigenvalue weighted by Crippen LogP contribution is 2.61. The number of rotatable bonds is 13. The van der Waals surface area contributed by atoms with Crippen LogP contribution >= 0.6 is 0 Å². The van der Waals surface area contributed by atoms with Crippen molar-refractivity contribution < 1.29 is 24.9 Å². The molecular weight excluding hydrogens is 592 g/mol. The van der Waals surface area contributed by atoms with Crippen LogP contribution in [0.2, 0.25) is 0 Å². The van der Waals surface area contributed by atoms with Crippen LogP contribution < -0.4 is 15.8 Å². The molecule has 9 heteroatoms. The average Bonchev–Trinajstić information content (AvgIpc) is 3.77. The molecule has 250 valence electrons. The van der Waals surface area contributed by atoms with Crippen LogP contribution in [0.15, 0.2) is 64.9 Å². The number of hydrogen-bond donors (Lipinski definition) is 5. The Balaban J connectivity index is 1.02. The molecule has 47 heavy (non-hydrogen) atoms. The number of ether oxygens (including phenoxy) is 1. The SMILES string of the molecule is CCCC(O)CC(O)CC(=O)CCc1ccc(O)c(OCN2C=C3C(C45CCCC4CC4CNC(N)c6cccc5c64)=CN=C3C2)c1. The lowest BCUT2D eigenvalue weighted by molar-refractivity contribution is -0.121. The molecule has 1 saturated carbocycles. The Labute approximate surface area is 277 Å². The number of benzene rings is 2. The fraction of sp³-hybridized carbons (Fsp3) is 0.526. The Hall–Kier alpha value is -3.50. The van der Waals surface area contributed by atoms with E-state index in [1.165, 1.54) is 47.1 Å². The number of aryl methyl sites for hydroxylation is 1. The zero-order valence-electron chi connectivity index (χ0n) is 27.3. The third kappa shape index (κ3) is 6.03. The van der Waals surface area contributed by atoms with Crippen molar-refractivity contribution in [2.45, 2.75) is 101 Å². The highest BCUT2D eigenvalue weighted by atomic mass is 16.5. The second kappa shape index (κ2) is 13.2. The van der Waals surface area contributed by atoms with Gasteiger partial charge in [0.2, 0.25) is 0 Å². The normalized spacial score (nSPS) is 26.9. The number of aliphatic hydroxyl groups is 2. The topological polar surface area (TPSA) is 141 Å². The molecule has 0 aromatic heterocycles. The second-order valence-corrected chi connectivity index (χ2v) is 14.2. The fourth-order valence-corrected chi connectivity index (χ4v) is 9.02. The van der Waals surface area contributed by atoms with Crippen molar-refractivity contribution in [3.63, 3.8) is 0 Å². The zero-order valence-corrected chi connectivity index (χ0v) is 27.3. The quantitative estimate of drug-likeness (QED) is 0.209. The number of aromatic hydroxyl groups is 1. The number of carbonyl (C=O) groups excluding carboxylic acids is 1. The highest BCUT2D eigenvalue weighted by Gasteiger charge is 2.55. The predicted molar refractivity (Wildman–Crippen MR) is 181 cm³/mol. The molecule has 6 N–H and O–H groups in total. The lowest BCUT2D eigenvalue weighted by atomic mass is 9.56. The summed E-state index contributed by atoms with van der Waals surface area (Å²) in [5.41, 5.74) is 15.1. The van der Waals surface area contributed by atoms with E-state index in [9.17, 15) is 20.1 Å². The number of nitrogens with one attached hydrogen (secondary N) is 1. The molecule has 2 aromatic carbocycles. The summed E-state index contributed by atoms with van der Waals surface area (Å²) in [5.74, 6) is 1.45. The van der Waals surface area contributed by atoms with Gasteiger partial charge in [-0.2, -0.15) is 0 Å². The van der Waals surface area contributed by atoms with Gasteiger partial charge in [-0.15, -0.1) is 0 Å². The summed E-state index contributed by atoms with van der Waals surface area (Å²) in [7, 11) is 0. The number of phenolic OH excluding ortho intramolecular Hbond substituents is 1. The number of Topliss-reactive ketones (excluding diaryl/α,β-unsaturated/α-hetero) is 1. The number of allylic oxidation sites excluding steroid dienone is 1. The lowest BCUT2D eigenvalue weighted by Crippen LogP contribution is -2.46. The van der Waals surface area contributed by atoms with E-state index in [4.69, 9.17) is 15.5 Å². The van der Waals surface area contributed by atoms with Gasteiger partial charge in [-0.3, -0.25) is 15.1 Å². The summed E-state index contributed by atoms with van der Waals surface area (Å²) < 4.78 is 6.13. The van der Waals surface area contributed by atoms with Crippen LogP contribution in [0, 0.1) is 5.92 Å². The first-order valence-corrected chi connectivity index (χ1v) is 17.5. The number of aliphatic hydroxyl groups excluding tert-OH is 2. The average molecular weight is 641 g/mol. The number of nitrogens with zero attached hydrogens (tertiary/aromatic N) is 2. The molecule has 2 aromatic rings. The van der Waals surface area contributed by atoms with Crippen LogP contribution in [-0.4, -0.2) is 63.7 Å². The van der Waals surface area contributed by atoms with Gasteiger partial charge >= 0.3 is 0 Å². The van der Waals surface area contributed by atoms with Gasteiger partial charge in [0.25, 0.3) is 0 Å². The summed E-state index contributed by atoms with van der Waals surface area (Å²) in [4.78, 5) is 19.5. The number of carbonyl (C=O) groups is 1. The van der Waals surface area contributed by atoms with Crippen molar-refractivity contribution in [1.29, 1.82) is 0 Å². The molecule has 6 unspecified atom stereocenters. The van der Waals surface area contributed by atoms with E-state index < -0.39 is 12.2 Å². The molecule has 5 aliphatic rings. The minimum Gasteiger partial charge on any atom is -0.504 e. The largest absolute Gasteiger partial charge is 0.504 e. The molecule has 7 rings (SSSR count). The van der Waals surface area contributed by atoms with E-state index >= 15 is 0 Å². The molecule has 0 spiro atoms. The van der Waals surface area contributed by atoms with Crippen LogP contribution in [0.4, 0.5) is 0 Å². The van der Waals surface area contributed by atoms with Gasteiger partial charge in [0, 0.05) is 42.8 Å². The van der Waals surface area contributed by atoms with Crippen molar-refractivity contribution in [3.8, 4) is 11.5 Å². The van der Waals surface area contributed by atoms with E-state index in [0.29, 0.717) is 37.0 Å². The van der Waals surface area contributed by atoms with Gasteiger partial charge in [0.05, 0.1) is 30.6 Å². The Bertz CT molecular complexity index is 1620. The summed E-state index contributed by atoms with van der Waals surface area (Å²) in [6, 6.07) is 11.9. The maximum atomic E-state index is 12.5. The molecule has 6 atom stereocenters. The molecule has 0 radical (unpaired) electrons. The lowest BCUT2D eigenvalue weighted by Gasteiger charge is -2.48. The molecule has 0 bridgehead atoms. The van der Waals surface area contributed by atoms with Crippen LogP contribution in [0.3, 0.4) is 0 Å². The third-order valence-corrected chi connectivity index (χ3v) is 11.2. The van der Waals surface area contributed by atoms with Crippen molar-refractivity contribution in [3.05, 3.63) is 82.2 Å². The Morgan fingerprint density at radius 2 is 2.11 bits per heavy atom. The van der Waals surface area contributed by atoms with Gasteiger partial charge in [-0.1, -0.05) is 44.0 Å². The van der Waals surface area contributed by atoms with Crippen LogP contribution in [0.1, 0.15) is 99.0 Å². The molecule has 2 aliphatic carbocycles. The predicted octanol–water partition coefficient (Wildman–Crippen LogP) is 4.86. The van der Waals surface area contributed by atoms with Crippen molar-refractivity contribution in [2.24, 2.45) is 16.6 Å². The van der Waals surface area contributed by atoms with E-state index in [1.54, 1.807) is 18.2 Å². The first kappa shape index (κ1) is 32.1. The van der Waals surface area contributed by atoms with Gasteiger partial charge in [-0.05, 0) is 90.3 Å². The van der Waals surface area contributed by atoms with Gasteiger partial charge in [0.1, 0.15) is 5.78 Å². The van der Waals surface area contributed by atoms with Crippen molar-refractivity contribution in [2.75, 3.05) is 19.8 Å². The third-order valence-electron chi connectivity index (χ3n) is 11.2. The Kier molecular flexibility index (Phi) is 9.00. The molecule has 0 amide bonds. The number of phenols is 1. The minimum absolute atomic E-state index is 0.0340. The summed E-state index contributed by atoms with van der Waals surface area (Å²) >= 11 is 0. The summed E-state index contributed by atoms with van der Waals surface area (Å²) in [6.07, 6.45) is 9.94. The standard InChI is InChI=1S/C38H48N4O5/c1-2-5-26(43)16-28(45)17-27(44)11-9-23-10-12-34(46)35(14-23)47-22-42-20-30-32(19-40-33(30)21-42)38-13-4-6-25(38)15-24-18-41-37(39)29-7-3-8-31(38)36(24)29/h3,7-8,10,12,14,19-20,24-26,28,37,41,43,45-46H,2,4-6,9,11,13,15-18,21-22,39H2,1H3. The molecule has 3 heterocycles. The van der Waals surface area contributed by atoms with E-state index in [2.05, 4.69) is 40.8 Å². The molecule has 0 saturated heterocycles. The van der Waals surface area contributed by atoms with E-state index in [1.807, 2.05) is 6.92 Å². The number of ketones is 1. The van der Waals surface area contributed by atoms with Crippen LogP contribution in [0.25, 0.3) is 0 Å². The highest BCUT2D eigenvalue weighted by molar-refractivity contribution is 6.10. The number of nitrogens with two attached hydrogens (primary N) is 1. The van der Waals surface area contributed by atoms with Gasteiger partial charge in [-0.25, -0.2) is 0 Å². The van der Waals surface area contributed by atoms with Crippen LogP contribution in [-0.2, 0) is 16.6 Å². The summed E-state index contributed by atoms with van der Waals surface area (Å²) in [5, 5.41) is 34.2. The van der Waals surface area contributed by atoms with Crippen molar-refractivity contribution >= 4 is 11.5 Å². The smallest absolute Gasteiger partial charge is 0.163 e. The Morgan fingerprint density at radius 3 is 2.96 bits per heavy atom. The maximum Gasteiger partial charge on any atom is 0.163 e. The minimum atomic E-state index is -0.834. The summed E-state index contributed by atoms with van der Waals surface area (Å²) in [6.45, 7) is 3.82. The van der Waals surface area contributed by atoms with E-state index in [0.717, 1.165) is 30.7 Å². The first-order valence-electron chi connectivity index (χ1n) is 17.5. The first-order chi connectivity index (χ1) is 22.8. The van der Waals surface area contributed by atoms with Crippen LogP contribution in [0.5, 0.6) is 11.5 Å². The Morgan fingerprint density at radius 1 is 1.23 bits per heavy atom. The van der Waals surface area contributed by atoms with Gasteiger partial charge < -0.3 is 30.7 Å². The van der Waals surface area contributed by atoms with Crippen molar-refractivity contribution in [1.82, 2.24) is 10.2 Å². The molecule has 9 nitrogen and oxygen atoms in total. The molecular formula is C38H48N4O5. The number of fused-ring (bicyclic) bond motifs is 3. The number of aliphatic imine (C=N–C) groups is 1. The van der Waals surface area contributed by atoms with E-state index in [-0.39, 0.29) is 49.1 Å². The molecule has 1 fully saturated rings. The van der Waals surface area contributed by atoms with Gasteiger partial charge in [0.15, 0.2) is 18.2 Å². The maximum absolute atomic E-state index is 12.5. The molecule has 3 aliphatic heterocycles.